The van der Waals surface area contributed by atoms with Crippen molar-refractivity contribution in [3.63, 3.8) is 0 Å². The van der Waals surface area contributed by atoms with Crippen LogP contribution in [0, 0.1) is 5.82 Å². The Morgan fingerprint density at radius 3 is 2.67 bits per heavy atom. The lowest BCUT2D eigenvalue weighted by Gasteiger charge is -2.15. The smallest absolute Gasteiger partial charge is 0.254 e. The quantitative estimate of drug-likeness (QED) is 0.680. The maximum atomic E-state index is 13.1. The summed E-state index contributed by atoms with van der Waals surface area (Å²) in [4.78, 5) is 16.9. The van der Waals surface area contributed by atoms with Gasteiger partial charge in [0, 0.05) is 4.90 Å². The largest absolute Gasteiger partial charge is 0.345 e. The topological polar surface area (TPSA) is 42.0 Å². The maximum Gasteiger partial charge on any atom is 0.254 e. The Morgan fingerprint density at radius 1 is 1.38 bits per heavy atom. The van der Waals surface area contributed by atoms with Crippen molar-refractivity contribution >= 4 is 29.3 Å². The van der Waals surface area contributed by atoms with Gasteiger partial charge in [-0.05, 0) is 36.9 Å². The van der Waals surface area contributed by atoms with E-state index in [-0.39, 0.29) is 16.8 Å². The number of thioether (sulfide) groups is 1. The van der Waals surface area contributed by atoms with Crippen molar-refractivity contribution in [3.8, 4) is 0 Å². The van der Waals surface area contributed by atoms with Gasteiger partial charge in [0.25, 0.3) is 5.91 Å². The number of hydrogen-bond acceptors (Lipinski definition) is 3. The summed E-state index contributed by atoms with van der Waals surface area (Å²) in [6.45, 7) is 1.85. The van der Waals surface area contributed by atoms with E-state index in [1.807, 2.05) is 37.4 Å². The zero-order chi connectivity index (χ0) is 15.4. The third-order valence-electron chi connectivity index (χ3n) is 3.01. The number of aromatic nitrogens is 1. The van der Waals surface area contributed by atoms with Crippen molar-refractivity contribution in [1.82, 2.24) is 10.3 Å². The Labute approximate surface area is 131 Å². The van der Waals surface area contributed by atoms with E-state index in [0.717, 1.165) is 22.7 Å². The number of carbonyl (C=O) groups excluding carboxylic acids is 1. The molecule has 0 fully saturated rings. The van der Waals surface area contributed by atoms with E-state index >= 15 is 0 Å². The number of pyridine rings is 1. The summed E-state index contributed by atoms with van der Waals surface area (Å²) in [6, 6.07) is 8.73. The first-order valence-corrected chi connectivity index (χ1v) is 7.87. The lowest BCUT2D eigenvalue weighted by atomic mass is 10.1. The molecule has 0 radical (unpaired) electrons. The summed E-state index contributed by atoms with van der Waals surface area (Å²) >= 11 is 7.47. The monoisotopic (exact) mass is 324 g/mol. The number of carbonyl (C=O) groups is 1. The van der Waals surface area contributed by atoms with Gasteiger partial charge in [-0.3, -0.25) is 4.79 Å². The van der Waals surface area contributed by atoms with E-state index in [0.29, 0.717) is 0 Å². The van der Waals surface area contributed by atoms with Gasteiger partial charge in [-0.2, -0.15) is 0 Å². The summed E-state index contributed by atoms with van der Waals surface area (Å²) in [5.74, 6) is -1.05. The molecule has 3 nitrogen and oxygen atoms in total. The van der Waals surface area contributed by atoms with Gasteiger partial charge < -0.3 is 5.32 Å². The summed E-state index contributed by atoms with van der Waals surface area (Å²) in [5, 5.41) is 2.77. The second kappa shape index (κ2) is 6.91. The van der Waals surface area contributed by atoms with Gasteiger partial charge >= 0.3 is 0 Å². The molecule has 0 spiro atoms. The van der Waals surface area contributed by atoms with E-state index in [1.165, 1.54) is 0 Å². The Bertz CT molecular complexity index is 649. The molecule has 1 aromatic heterocycles. The summed E-state index contributed by atoms with van der Waals surface area (Å²) in [5.41, 5.74) is 0.992. The van der Waals surface area contributed by atoms with E-state index in [4.69, 9.17) is 11.6 Å². The van der Waals surface area contributed by atoms with Crippen LogP contribution in [0.2, 0.25) is 5.15 Å². The molecule has 1 atom stereocenters. The highest BCUT2D eigenvalue weighted by Crippen LogP contribution is 2.20. The van der Waals surface area contributed by atoms with Crippen LogP contribution < -0.4 is 5.32 Å². The highest BCUT2D eigenvalue weighted by atomic mass is 35.5. The van der Waals surface area contributed by atoms with Gasteiger partial charge in [0.1, 0.15) is 11.0 Å². The van der Waals surface area contributed by atoms with Crippen LogP contribution in [-0.2, 0) is 0 Å². The molecule has 2 rings (SSSR count). The standard InChI is InChI=1S/C15H14ClFN2OS/c1-9(10-3-5-12(21-2)6-4-10)19-15(20)13-7-11(17)8-18-14(13)16/h3-9H,1-2H3,(H,19,20). The zero-order valence-electron chi connectivity index (χ0n) is 11.6. The normalized spacial score (nSPS) is 12.0. The average Bonchev–Trinajstić information content (AvgIpc) is 2.49. The Balaban J connectivity index is 2.12. The molecule has 0 aliphatic rings. The van der Waals surface area contributed by atoms with Crippen LogP contribution in [0.1, 0.15) is 28.9 Å². The molecule has 0 aliphatic carbocycles. The molecule has 21 heavy (non-hydrogen) atoms. The van der Waals surface area contributed by atoms with Crippen LogP contribution in [-0.4, -0.2) is 17.1 Å². The number of hydrogen-bond donors (Lipinski definition) is 1. The van der Waals surface area contributed by atoms with Gasteiger partial charge in [0.15, 0.2) is 0 Å². The fourth-order valence-electron chi connectivity index (χ4n) is 1.83. The molecule has 1 aromatic carbocycles. The van der Waals surface area contributed by atoms with E-state index in [1.54, 1.807) is 11.8 Å². The average molecular weight is 325 g/mol. The maximum absolute atomic E-state index is 13.1. The third kappa shape index (κ3) is 3.95. The zero-order valence-corrected chi connectivity index (χ0v) is 13.1. The van der Waals surface area contributed by atoms with E-state index in [9.17, 15) is 9.18 Å². The first-order valence-electron chi connectivity index (χ1n) is 6.27. The van der Waals surface area contributed by atoms with Crippen molar-refractivity contribution in [2.75, 3.05) is 6.26 Å². The van der Waals surface area contributed by atoms with Crippen molar-refractivity contribution in [3.05, 3.63) is 58.6 Å². The fourth-order valence-corrected chi connectivity index (χ4v) is 2.43. The fraction of sp³-hybridized carbons (Fsp3) is 0.200. The van der Waals surface area contributed by atoms with Crippen LogP contribution in [0.5, 0.6) is 0 Å². The van der Waals surface area contributed by atoms with Gasteiger partial charge in [-0.15, -0.1) is 11.8 Å². The van der Waals surface area contributed by atoms with E-state index < -0.39 is 11.7 Å². The molecule has 1 amide bonds. The van der Waals surface area contributed by atoms with Crippen molar-refractivity contribution in [2.45, 2.75) is 17.9 Å². The summed E-state index contributed by atoms with van der Waals surface area (Å²) in [7, 11) is 0. The highest BCUT2D eigenvalue weighted by Gasteiger charge is 2.16. The first-order chi connectivity index (χ1) is 10.0. The first kappa shape index (κ1) is 15.8. The number of nitrogens with zero attached hydrogens (tertiary/aromatic N) is 1. The second-order valence-corrected chi connectivity index (χ2v) is 5.70. The van der Waals surface area contributed by atoms with E-state index in [2.05, 4.69) is 10.3 Å². The summed E-state index contributed by atoms with van der Waals surface area (Å²) in [6.07, 6.45) is 2.98. The number of amides is 1. The number of nitrogens with one attached hydrogen (secondary N) is 1. The molecular weight excluding hydrogens is 311 g/mol. The number of benzene rings is 1. The minimum absolute atomic E-state index is 0.0150. The van der Waals surface area contributed by atoms with Gasteiger partial charge in [0.05, 0.1) is 17.8 Å². The molecule has 1 N–H and O–H groups in total. The third-order valence-corrected chi connectivity index (χ3v) is 4.06. The Morgan fingerprint density at radius 2 is 2.05 bits per heavy atom. The van der Waals surface area contributed by atoms with Crippen molar-refractivity contribution in [2.24, 2.45) is 0 Å². The molecular formula is C15H14ClFN2OS. The molecule has 1 heterocycles. The number of halogens is 2. The van der Waals surface area contributed by atoms with Crippen LogP contribution in [0.25, 0.3) is 0 Å². The van der Waals surface area contributed by atoms with Crippen LogP contribution in [0.4, 0.5) is 4.39 Å². The molecule has 0 aliphatic heterocycles. The lowest BCUT2D eigenvalue weighted by molar-refractivity contribution is 0.0939. The summed E-state index contributed by atoms with van der Waals surface area (Å²) < 4.78 is 13.1. The lowest BCUT2D eigenvalue weighted by Crippen LogP contribution is -2.27. The predicted octanol–water partition coefficient (Wildman–Crippen LogP) is 4.09. The SMILES string of the molecule is CSc1ccc(C(C)NC(=O)c2cc(F)cnc2Cl)cc1. The molecule has 0 saturated heterocycles. The Kier molecular flexibility index (Phi) is 5.20. The minimum atomic E-state index is -0.596. The molecule has 2 aromatic rings. The molecule has 1 unspecified atom stereocenters. The molecule has 0 bridgehead atoms. The molecule has 0 saturated carbocycles. The van der Waals surface area contributed by atoms with Crippen LogP contribution >= 0.6 is 23.4 Å². The van der Waals surface area contributed by atoms with Crippen molar-refractivity contribution in [1.29, 1.82) is 0 Å². The van der Waals surface area contributed by atoms with Gasteiger partial charge in [-0.1, -0.05) is 23.7 Å². The predicted molar refractivity (Wildman–Crippen MR) is 83.3 cm³/mol. The van der Waals surface area contributed by atoms with Crippen molar-refractivity contribution < 1.29 is 9.18 Å². The Hall–Kier alpha value is -1.59. The second-order valence-electron chi connectivity index (χ2n) is 4.46. The minimum Gasteiger partial charge on any atom is -0.345 e. The van der Waals surface area contributed by atoms with Crippen LogP contribution in [0.15, 0.2) is 41.4 Å². The molecule has 6 heteroatoms. The number of rotatable bonds is 4. The van der Waals surface area contributed by atoms with Crippen LogP contribution in [0.3, 0.4) is 0 Å². The highest BCUT2D eigenvalue weighted by molar-refractivity contribution is 7.98. The van der Waals surface area contributed by atoms with Gasteiger partial charge in [-0.25, -0.2) is 9.37 Å². The van der Waals surface area contributed by atoms with Gasteiger partial charge in [0.2, 0.25) is 0 Å². The molecule has 110 valence electrons.